The number of carbonyl (C=O) groups is 2. The minimum absolute atomic E-state index is 0.0415. The van der Waals surface area contributed by atoms with Gasteiger partial charge in [-0.2, -0.15) is 0 Å². The van der Waals surface area contributed by atoms with E-state index in [9.17, 15) is 19.7 Å². The van der Waals surface area contributed by atoms with Crippen LogP contribution in [0.4, 0.5) is 11.4 Å². The molecule has 142 valence electrons. The van der Waals surface area contributed by atoms with E-state index in [4.69, 9.17) is 9.47 Å². The SMILES string of the molecule is CCOc1ccc(C(=O)O[C@@H](C)C(=O)Nc2ccc(C)cc2)cc1[N+](=O)[O-]. The second-order valence-electron chi connectivity index (χ2n) is 5.78. The highest BCUT2D eigenvalue weighted by atomic mass is 16.6. The van der Waals surface area contributed by atoms with Crippen molar-refractivity contribution in [3.8, 4) is 5.75 Å². The third-order valence-electron chi connectivity index (χ3n) is 3.66. The molecule has 0 bridgehead atoms. The van der Waals surface area contributed by atoms with Crippen LogP contribution in [0.5, 0.6) is 5.75 Å². The van der Waals surface area contributed by atoms with E-state index in [0.717, 1.165) is 11.6 Å². The molecule has 0 radical (unpaired) electrons. The Morgan fingerprint density at radius 1 is 1.19 bits per heavy atom. The molecule has 0 aliphatic rings. The molecule has 2 aromatic carbocycles. The first-order chi connectivity index (χ1) is 12.8. The van der Waals surface area contributed by atoms with E-state index in [1.807, 2.05) is 19.1 Å². The maximum absolute atomic E-state index is 12.2. The molecule has 0 saturated carbocycles. The summed E-state index contributed by atoms with van der Waals surface area (Å²) in [6.45, 7) is 5.29. The minimum Gasteiger partial charge on any atom is -0.487 e. The summed E-state index contributed by atoms with van der Waals surface area (Å²) in [5.41, 5.74) is 1.23. The summed E-state index contributed by atoms with van der Waals surface area (Å²) in [5.74, 6) is -1.29. The number of nitrogens with zero attached hydrogens (tertiary/aromatic N) is 1. The third-order valence-corrected chi connectivity index (χ3v) is 3.66. The fourth-order valence-electron chi connectivity index (χ4n) is 2.23. The van der Waals surface area contributed by atoms with Crippen LogP contribution in [0.2, 0.25) is 0 Å². The number of nitro benzene ring substituents is 1. The molecule has 0 heterocycles. The number of aryl methyl sites for hydroxylation is 1. The van der Waals surface area contributed by atoms with Gasteiger partial charge in [-0.25, -0.2) is 4.79 Å². The first-order valence-corrected chi connectivity index (χ1v) is 8.31. The number of rotatable bonds is 7. The van der Waals surface area contributed by atoms with Crippen LogP contribution >= 0.6 is 0 Å². The van der Waals surface area contributed by atoms with Crippen molar-refractivity contribution >= 4 is 23.3 Å². The van der Waals surface area contributed by atoms with Gasteiger partial charge in [-0.1, -0.05) is 17.7 Å². The number of hydrogen-bond donors (Lipinski definition) is 1. The van der Waals surface area contributed by atoms with E-state index < -0.39 is 22.9 Å². The van der Waals surface area contributed by atoms with Crippen LogP contribution in [0.3, 0.4) is 0 Å². The summed E-state index contributed by atoms with van der Waals surface area (Å²) >= 11 is 0. The molecule has 0 aromatic heterocycles. The summed E-state index contributed by atoms with van der Waals surface area (Å²) in [5, 5.41) is 13.8. The van der Waals surface area contributed by atoms with E-state index >= 15 is 0 Å². The molecule has 0 spiro atoms. The number of esters is 1. The average molecular weight is 372 g/mol. The van der Waals surface area contributed by atoms with Gasteiger partial charge in [0.1, 0.15) is 0 Å². The molecule has 8 nitrogen and oxygen atoms in total. The molecule has 1 amide bonds. The van der Waals surface area contributed by atoms with Crippen molar-refractivity contribution in [3.63, 3.8) is 0 Å². The molecule has 1 N–H and O–H groups in total. The van der Waals surface area contributed by atoms with Crippen molar-refractivity contribution in [2.75, 3.05) is 11.9 Å². The molecule has 0 aliphatic heterocycles. The molecule has 8 heteroatoms. The van der Waals surface area contributed by atoms with Crippen molar-refractivity contribution in [3.05, 3.63) is 63.7 Å². The number of amides is 1. The second-order valence-corrected chi connectivity index (χ2v) is 5.78. The zero-order chi connectivity index (χ0) is 20.0. The van der Waals surface area contributed by atoms with Crippen LogP contribution in [-0.4, -0.2) is 29.5 Å². The Morgan fingerprint density at radius 3 is 2.44 bits per heavy atom. The van der Waals surface area contributed by atoms with Crippen LogP contribution in [0.15, 0.2) is 42.5 Å². The molecule has 0 aliphatic carbocycles. The van der Waals surface area contributed by atoms with Gasteiger partial charge in [-0.05, 0) is 45.0 Å². The highest BCUT2D eigenvalue weighted by Crippen LogP contribution is 2.28. The van der Waals surface area contributed by atoms with Crippen LogP contribution in [0.1, 0.15) is 29.8 Å². The number of ether oxygens (including phenoxy) is 2. The Hall–Kier alpha value is -3.42. The van der Waals surface area contributed by atoms with Gasteiger partial charge in [0.25, 0.3) is 5.91 Å². The van der Waals surface area contributed by atoms with Gasteiger partial charge < -0.3 is 14.8 Å². The van der Waals surface area contributed by atoms with Crippen molar-refractivity contribution in [1.29, 1.82) is 0 Å². The van der Waals surface area contributed by atoms with Gasteiger partial charge in [0.05, 0.1) is 17.1 Å². The van der Waals surface area contributed by atoms with Gasteiger partial charge in [-0.15, -0.1) is 0 Å². The van der Waals surface area contributed by atoms with E-state index in [1.165, 1.54) is 19.1 Å². The predicted molar refractivity (Wildman–Crippen MR) is 99.0 cm³/mol. The van der Waals surface area contributed by atoms with Gasteiger partial charge >= 0.3 is 11.7 Å². The highest BCUT2D eigenvalue weighted by Gasteiger charge is 2.23. The Bertz CT molecular complexity index is 848. The smallest absolute Gasteiger partial charge is 0.339 e. The monoisotopic (exact) mass is 372 g/mol. The maximum atomic E-state index is 12.2. The Morgan fingerprint density at radius 2 is 1.85 bits per heavy atom. The summed E-state index contributed by atoms with van der Waals surface area (Å²) in [4.78, 5) is 34.9. The number of nitrogens with one attached hydrogen (secondary N) is 1. The fraction of sp³-hybridized carbons (Fsp3) is 0.263. The molecule has 0 unspecified atom stereocenters. The number of carbonyl (C=O) groups excluding carboxylic acids is 2. The molecule has 0 fully saturated rings. The zero-order valence-electron chi connectivity index (χ0n) is 15.2. The molecule has 2 aromatic rings. The van der Waals surface area contributed by atoms with Gasteiger partial charge in [0, 0.05) is 11.8 Å². The lowest BCUT2D eigenvalue weighted by Gasteiger charge is -2.14. The van der Waals surface area contributed by atoms with E-state index in [1.54, 1.807) is 19.1 Å². The van der Waals surface area contributed by atoms with Gasteiger partial charge in [0.2, 0.25) is 0 Å². The lowest BCUT2D eigenvalue weighted by Crippen LogP contribution is -2.30. The normalized spacial score (nSPS) is 11.4. The topological polar surface area (TPSA) is 108 Å². The number of nitro groups is 1. The predicted octanol–water partition coefficient (Wildman–Crippen LogP) is 3.49. The van der Waals surface area contributed by atoms with Crippen LogP contribution in [0, 0.1) is 17.0 Å². The average Bonchev–Trinajstić information content (AvgIpc) is 2.63. The zero-order valence-corrected chi connectivity index (χ0v) is 15.2. The Labute approximate surface area is 156 Å². The van der Waals surface area contributed by atoms with E-state index in [2.05, 4.69) is 5.32 Å². The fourth-order valence-corrected chi connectivity index (χ4v) is 2.23. The second kappa shape index (κ2) is 8.79. The van der Waals surface area contributed by atoms with Crippen molar-refractivity contribution < 1.29 is 24.0 Å². The minimum atomic E-state index is -1.08. The van der Waals surface area contributed by atoms with Crippen LogP contribution in [0.25, 0.3) is 0 Å². The molecule has 1 atom stereocenters. The van der Waals surface area contributed by atoms with Crippen LogP contribution in [-0.2, 0) is 9.53 Å². The first-order valence-electron chi connectivity index (χ1n) is 8.31. The molecular weight excluding hydrogens is 352 g/mol. The third kappa shape index (κ3) is 5.27. The van der Waals surface area contributed by atoms with Crippen LogP contribution < -0.4 is 10.1 Å². The van der Waals surface area contributed by atoms with Crippen molar-refractivity contribution in [2.24, 2.45) is 0 Å². The number of anilines is 1. The molecular formula is C19H20N2O6. The van der Waals surface area contributed by atoms with Gasteiger partial charge in [-0.3, -0.25) is 14.9 Å². The Balaban J connectivity index is 2.06. The van der Waals surface area contributed by atoms with E-state index in [0.29, 0.717) is 5.69 Å². The molecule has 2 rings (SSSR count). The van der Waals surface area contributed by atoms with Gasteiger partial charge in [0.15, 0.2) is 11.9 Å². The number of benzene rings is 2. The first kappa shape index (κ1) is 19.9. The lowest BCUT2D eigenvalue weighted by molar-refractivity contribution is -0.385. The lowest BCUT2D eigenvalue weighted by atomic mass is 10.2. The van der Waals surface area contributed by atoms with Crippen molar-refractivity contribution in [1.82, 2.24) is 0 Å². The molecule has 0 saturated heterocycles. The summed E-state index contributed by atoms with van der Waals surface area (Å²) in [6.07, 6.45) is -1.08. The standard InChI is InChI=1S/C19H20N2O6/c1-4-26-17-10-7-14(11-16(17)21(24)25)19(23)27-13(3)18(22)20-15-8-5-12(2)6-9-15/h5-11,13H,4H2,1-3H3,(H,20,22)/t13-/m0/s1. The summed E-state index contributed by atoms with van der Waals surface area (Å²) < 4.78 is 10.3. The Kier molecular flexibility index (Phi) is 6.48. The number of hydrogen-bond acceptors (Lipinski definition) is 6. The summed E-state index contributed by atoms with van der Waals surface area (Å²) in [7, 11) is 0. The largest absolute Gasteiger partial charge is 0.487 e. The molecule has 27 heavy (non-hydrogen) atoms. The maximum Gasteiger partial charge on any atom is 0.339 e. The highest BCUT2D eigenvalue weighted by molar-refractivity contribution is 5.97. The quantitative estimate of drug-likeness (QED) is 0.453. The van der Waals surface area contributed by atoms with E-state index in [-0.39, 0.29) is 23.6 Å². The van der Waals surface area contributed by atoms with Crippen molar-refractivity contribution in [2.45, 2.75) is 26.9 Å². The summed E-state index contributed by atoms with van der Waals surface area (Å²) in [6, 6.07) is 10.9.